The molecule has 0 bridgehead atoms. The van der Waals surface area contributed by atoms with Crippen LogP contribution >= 0.6 is 0 Å². The molecule has 1 N–H and O–H groups in total. The van der Waals surface area contributed by atoms with E-state index >= 15 is 0 Å². The highest BCUT2D eigenvalue weighted by Gasteiger charge is 2.24. The lowest BCUT2D eigenvalue weighted by atomic mass is 9.79. The van der Waals surface area contributed by atoms with Gasteiger partial charge in [0.1, 0.15) is 24.7 Å². The number of imidazole rings is 1. The number of aryl methyl sites for hydroxylation is 1. The fourth-order valence-electron chi connectivity index (χ4n) is 2.73. The summed E-state index contributed by atoms with van der Waals surface area (Å²) < 4.78 is 4.11. The first-order valence-corrected chi connectivity index (χ1v) is 8.87. The van der Waals surface area contributed by atoms with Crippen molar-refractivity contribution in [1.29, 1.82) is 0 Å². The number of nitrogens with zero attached hydrogens (tertiary/aromatic N) is 3. The SMILES string of the molecule is C[n+]1ccn(CCN=Cc2cc(C(C)(C)C)cc(C(C)(C)C)c2O)c1. The van der Waals surface area contributed by atoms with Crippen LogP contribution in [0.4, 0.5) is 0 Å². The second-order valence-electron chi connectivity index (χ2n) is 8.81. The number of aromatic hydroxyl groups is 1. The average Bonchev–Trinajstić information content (AvgIpc) is 2.88. The van der Waals surface area contributed by atoms with Crippen LogP contribution in [-0.4, -0.2) is 22.4 Å². The Morgan fingerprint density at radius 1 is 1.12 bits per heavy atom. The van der Waals surface area contributed by atoms with Gasteiger partial charge in [-0.3, -0.25) is 4.99 Å². The maximum atomic E-state index is 10.7. The quantitative estimate of drug-likeness (QED) is 0.667. The summed E-state index contributed by atoms with van der Waals surface area (Å²) in [7, 11) is 2.00. The van der Waals surface area contributed by atoms with Gasteiger partial charge in [0.25, 0.3) is 0 Å². The number of benzene rings is 1. The van der Waals surface area contributed by atoms with Crippen LogP contribution in [0.3, 0.4) is 0 Å². The fourth-order valence-corrected chi connectivity index (χ4v) is 2.73. The highest BCUT2D eigenvalue weighted by atomic mass is 16.3. The van der Waals surface area contributed by atoms with Gasteiger partial charge in [-0.05, 0) is 22.5 Å². The Labute approximate surface area is 151 Å². The molecule has 0 saturated carbocycles. The van der Waals surface area contributed by atoms with Crippen LogP contribution in [0.1, 0.15) is 58.2 Å². The Balaban J connectivity index is 2.27. The van der Waals surface area contributed by atoms with Crippen molar-refractivity contribution in [3.05, 3.63) is 47.5 Å². The third kappa shape index (κ3) is 4.94. The van der Waals surface area contributed by atoms with E-state index in [-0.39, 0.29) is 10.8 Å². The number of aliphatic imine (C=N–C) groups is 1. The molecule has 4 nitrogen and oxygen atoms in total. The summed E-state index contributed by atoms with van der Waals surface area (Å²) in [5.41, 5.74) is 2.90. The Kier molecular flexibility index (Phi) is 5.40. The molecule has 0 saturated heterocycles. The van der Waals surface area contributed by atoms with Gasteiger partial charge in [0.05, 0.1) is 13.6 Å². The van der Waals surface area contributed by atoms with Crippen molar-refractivity contribution < 1.29 is 9.67 Å². The van der Waals surface area contributed by atoms with E-state index in [1.807, 2.05) is 36.6 Å². The van der Waals surface area contributed by atoms with E-state index in [0.29, 0.717) is 12.3 Å². The van der Waals surface area contributed by atoms with Gasteiger partial charge in [-0.15, -0.1) is 0 Å². The zero-order chi connectivity index (χ0) is 18.8. The van der Waals surface area contributed by atoms with E-state index in [1.165, 1.54) is 5.56 Å². The minimum atomic E-state index is -0.117. The van der Waals surface area contributed by atoms with E-state index in [4.69, 9.17) is 0 Å². The van der Waals surface area contributed by atoms with Crippen LogP contribution in [0.25, 0.3) is 0 Å². The van der Waals surface area contributed by atoms with Gasteiger partial charge in [-0.2, -0.15) is 0 Å². The molecule has 0 aliphatic rings. The second kappa shape index (κ2) is 7.03. The van der Waals surface area contributed by atoms with Crippen LogP contribution in [0.5, 0.6) is 5.75 Å². The summed E-state index contributed by atoms with van der Waals surface area (Å²) in [5, 5.41) is 10.7. The zero-order valence-electron chi connectivity index (χ0n) is 16.7. The lowest BCUT2D eigenvalue weighted by molar-refractivity contribution is -0.671. The summed E-state index contributed by atoms with van der Waals surface area (Å²) in [5.74, 6) is 0.344. The summed E-state index contributed by atoms with van der Waals surface area (Å²) in [6.07, 6.45) is 7.89. The van der Waals surface area contributed by atoms with E-state index in [0.717, 1.165) is 17.7 Å². The molecular weight excluding hydrogens is 310 g/mol. The van der Waals surface area contributed by atoms with E-state index < -0.39 is 0 Å². The van der Waals surface area contributed by atoms with Gasteiger partial charge in [0, 0.05) is 17.3 Å². The fraction of sp³-hybridized carbons (Fsp3) is 0.524. The second-order valence-corrected chi connectivity index (χ2v) is 8.81. The van der Waals surface area contributed by atoms with Crippen molar-refractivity contribution in [2.75, 3.05) is 6.54 Å². The molecule has 0 atom stereocenters. The Bertz CT molecular complexity index is 758. The number of hydrogen-bond donors (Lipinski definition) is 1. The van der Waals surface area contributed by atoms with Crippen LogP contribution in [0.15, 0.2) is 35.8 Å². The molecule has 0 radical (unpaired) electrons. The molecule has 0 aliphatic heterocycles. The molecule has 1 heterocycles. The van der Waals surface area contributed by atoms with Crippen LogP contribution in [-0.2, 0) is 24.4 Å². The molecule has 2 aromatic rings. The minimum Gasteiger partial charge on any atom is -0.507 e. The van der Waals surface area contributed by atoms with Crippen LogP contribution in [0, 0.1) is 0 Å². The first-order valence-electron chi connectivity index (χ1n) is 8.87. The maximum Gasteiger partial charge on any atom is 0.243 e. The predicted octanol–water partition coefficient (Wildman–Crippen LogP) is 3.73. The summed E-state index contributed by atoms with van der Waals surface area (Å²) in [6.45, 7) is 14.5. The molecule has 2 rings (SSSR count). The molecule has 0 unspecified atom stereocenters. The first-order chi connectivity index (χ1) is 11.5. The third-order valence-electron chi connectivity index (χ3n) is 4.35. The summed E-state index contributed by atoms with van der Waals surface area (Å²) in [6, 6.07) is 4.19. The standard InChI is InChI=1S/C21H31N3O/c1-20(2,3)17-12-16(19(25)18(13-17)21(4,5)6)14-22-8-9-24-11-10-23(7)15-24/h10-15H,8-9H2,1-7H3/p+1. The zero-order valence-corrected chi connectivity index (χ0v) is 16.7. The molecule has 1 aromatic heterocycles. The lowest BCUT2D eigenvalue weighted by Crippen LogP contribution is -2.23. The average molecular weight is 343 g/mol. The highest BCUT2D eigenvalue weighted by Crippen LogP contribution is 2.37. The number of phenolic OH excluding ortho intramolecular Hbond substituents is 1. The first kappa shape index (κ1) is 19.2. The van der Waals surface area contributed by atoms with Crippen molar-refractivity contribution in [3.8, 4) is 5.75 Å². The Morgan fingerprint density at radius 3 is 2.32 bits per heavy atom. The molecule has 1 aromatic carbocycles. The summed E-state index contributed by atoms with van der Waals surface area (Å²) in [4.78, 5) is 4.54. The molecular formula is C21H32N3O+. The predicted molar refractivity (Wildman–Crippen MR) is 104 cm³/mol. The molecule has 4 heteroatoms. The van der Waals surface area contributed by atoms with Gasteiger partial charge in [-0.25, -0.2) is 9.13 Å². The van der Waals surface area contributed by atoms with Crippen molar-refractivity contribution in [2.45, 2.75) is 58.9 Å². The van der Waals surface area contributed by atoms with Crippen LogP contribution < -0.4 is 4.57 Å². The molecule has 0 spiro atoms. The van der Waals surface area contributed by atoms with Gasteiger partial charge in [0.2, 0.25) is 6.33 Å². The van der Waals surface area contributed by atoms with Gasteiger partial charge in [0.15, 0.2) is 0 Å². The van der Waals surface area contributed by atoms with Crippen LogP contribution in [0.2, 0.25) is 0 Å². The number of aromatic nitrogens is 2. The minimum absolute atomic E-state index is 0.0240. The number of hydrogen-bond acceptors (Lipinski definition) is 2. The molecule has 0 fully saturated rings. The van der Waals surface area contributed by atoms with E-state index in [9.17, 15) is 5.11 Å². The number of rotatable bonds is 4. The molecule has 0 amide bonds. The molecule has 136 valence electrons. The van der Waals surface area contributed by atoms with E-state index in [1.54, 1.807) is 0 Å². The highest BCUT2D eigenvalue weighted by molar-refractivity contribution is 5.85. The maximum absolute atomic E-state index is 10.7. The Hall–Kier alpha value is -2.10. The Morgan fingerprint density at radius 2 is 1.80 bits per heavy atom. The van der Waals surface area contributed by atoms with Gasteiger partial charge < -0.3 is 5.11 Å². The van der Waals surface area contributed by atoms with Gasteiger partial charge in [-0.1, -0.05) is 47.6 Å². The molecule has 0 aliphatic carbocycles. The van der Waals surface area contributed by atoms with E-state index in [2.05, 4.69) is 63.2 Å². The van der Waals surface area contributed by atoms with Crippen molar-refractivity contribution in [2.24, 2.45) is 12.0 Å². The largest absolute Gasteiger partial charge is 0.507 e. The third-order valence-corrected chi connectivity index (χ3v) is 4.35. The van der Waals surface area contributed by atoms with Crippen molar-refractivity contribution in [1.82, 2.24) is 4.57 Å². The lowest BCUT2D eigenvalue weighted by Gasteiger charge is -2.26. The number of phenols is 1. The topological polar surface area (TPSA) is 41.4 Å². The monoisotopic (exact) mass is 342 g/mol. The van der Waals surface area contributed by atoms with Gasteiger partial charge >= 0.3 is 0 Å². The smallest absolute Gasteiger partial charge is 0.243 e. The summed E-state index contributed by atoms with van der Waals surface area (Å²) >= 11 is 0. The normalized spacial score (nSPS) is 12.9. The van der Waals surface area contributed by atoms with Crippen molar-refractivity contribution >= 4 is 6.21 Å². The van der Waals surface area contributed by atoms with Crippen molar-refractivity contribution in [3.63, 3.8) is 0 Å². The molecule has 25 heavy (non-hydrogen) atoms.